The van der Waals surface area contributed by atoms with Gasteiger partial charge in [-0.2, -0.15) is 5.10 Å². The Hall–Kier alpha value is -2.54. The summed E-state index contributed by atoms with van der Waals surface area (Å²) in [5, 5.41) is 3.99. The van der Waals surface area contributed by atoms with E-state index >= 15 is 0 Å². The van der Waals surface area contributed by atoms with Crippen LogP contribution in [0.5, 0.6) is 17.2 Å². The van der Waals surface area contributed by atoms with Crippen molar-refractivity contribution in [2.75, 3.05) is 19.8 Å². The maximum Gasteiger partial charge on any atom is 0.277 e. The number of carbonyl (C=O) groups is 1. The normalized spacial score (nSPS) is 10.8. The van der Waals surface area contributed by atoms with Gasteiger partial charge < -0.3 is 14.2 Å². The minimum absolute atomic E-state index is 0.133. The number of ether oxygens (including phenoxy) is 3. The Bertz CT molecular complexity index is 840. The lowest BCUT2D eigenvalue weighted by Gasteiger charge is -2.09. The fourth-order valence-corrected chi connectivity index (χ4v) is 3.35. The lowest BCUT2D eigenvalue weighted by molar-refractivity contribution is -0.123. The summed E-state index contributed by atoms with van der Waals surface area (Å²) in [6.07, 6.45) is 8.96. The number of nitrogens with one attached hydrogen (secondary N) is 1. The van der Waals surface area contributed by atoms with Crippen molar-refractivity contribution in [3.05, 3.63) is 52.5 Å². The molecule has 2 rings (SSSR count). The number of hydrogen-bond donors (Lipinski definition) is 1. The van der Waals surface area contributed by atoms with Crippen molar-refractivity contribution in [3.8, 4) is 17.2 Å². The molecule has 0 spiro atoms. The summed E-state index contributed by atoms with van der Waals surface area (Å²) in [7, 11) is 0. The number of hydrogen-bond acceptors (Lipinski definition) is 5. The minimum atomic E-state index is -0.349. The van der Waals surface area contributed by atoms with Gasteiger partial charge in [-0.25, -0.2) is 5.43 Å². The lowest BCUT2D eigenvalue weighted by atomic mass is 10.1. The van der Waals surface area contributed by atoms with Crippen LogP contribution in [0, 0.1) is 0 Å². The van der Waals surface area contributed by atoms with Crippen LogP contribution in [0.25, 0.3) is 0 Å². The van der Waals surface area contributed by atoms with Gasteiger partial charge in [-0.3, -0.25) is 4.79 Å². The summed E-state index contributed by atoms with van der Waals surface area (Å²) < 4.78 is 17.7. The highest BCUT2D eigenvalue weighted by Gasteiger charge is 2.04. The van der Waals surface area contributed by atoms with Gasteiger partial charge >= 0.3 is 0 Å². The van der Waals surface area contributed by atoms with E-state index in [4.69, 9.17) is 14.2 Å². The second-order valence-electron chi connectivity index (χ2n) is 7.28. The number of nitrogens with zero attached hydrogens (tertiary/aromatic N) is 1. The fourth-order valence-electron chi connectivity index (χ4n) is 2.97. The molecule has 0 fully saturated rings. The van der Waals surface area contributed by atoms with E-state index in [0.29, 0.717) is 18.1 Å². The van der Waals surface area contributed by atoms with Crippen LogP contribution in [0.1, 0.15) is 57.9 Å². The Morgan fingerprint density at radius 3 is 2.34 bits per heavy atom. The van der Waals surface area contributed by atoms with Gasteiger partial charge in [-0.1, -0.05) is 55.0 Å². The summed E-state index contributed by atoms with van der Waals surface area (Å²) in [5.74, 6) is 1.75. The van der Waals surface area contributed by atoms with E-state index < -0.39 is 0 Å². The molecule has 174 valence electrons. The van der Waals surface area contributed by atoms with Crippen LogP contribution in [0.4, 0.5) is 0 Å². The predicted molar refractivity (Wildman–Crippen MR) is 132 cm³/mol. The quantitative estimate of drug-likeness (QED) is 0.180. The highest BCUT2D eigenvalue weighted by molar-refractivity contribution is 9.10. The second-order valence-corrected chi connectivity index (χ2v) is 8.20. The molecule has 0 unspecified atom stereocenters. The number of hydrazone groups is 1. The number of halogens is 1. The molecule has 0 saturated carbocycles. The van der Waals surface area contributed by atoms with Crippen LogP contribution >= 0.6 is 15.9 Å². The molecule has 0 aromatic heterocycles. The molecule has 0 heterocycles. The largest absolute Gasteiger partial charge is 0.494 e. The van der Waals surface area contributed by atoms with Gasteiger partial charge in [-0.15, -0.1) is 0 Å². The lowest BCUT2D eigenvalue weighted by Crippen LogP contribution is -2.24. The molecule has 1 N–H and O–H groups in total. The molecule has 1 amide bonds. The summed E-state index contributed by atoms with van der Waals surface area (Å²) in [5.41, 5.74) is 3.23. The molecular formula is C25H33BrN2O4. The van der Waals surface area contributed by atoms with Gasteiger partial charge in [0.25, 0.3) is 5.91 Å². The van der Waals surface area contributed by atoms with Crippen LogP contribution in [0.3, 0.4) is 0 Å². The van der Waals surface area contributed by atoms with E-state index in [1.807, 2.05) is 37.3 Å². The Morgan fingerprint density at radius 1 is 0.938 bits per heavy atom. The predicted octanol–water partition coefficient (Wildman–Crippen LogP) is 6.12. The van der Waals surface area contributed by atoms with Crippen molar-refractivity contribution in [2.45, 2.75) is 52.4 Å². The highest BCUT2D eigenvalue weighted by Crippen LogP contribution is 2.22. The standard InChI is InChI=1S/C25H33BrN2O4/c1-3-5-6-7-8-9-16-31-22-11-13-23(14-12-22)32-19-25(29)28-27-18-20-17-21(26)10-15-24(20)30-4-2/h10-15,17-18H,3-9,16,19H2,1-2H3,(H,28,29)/b27-18-. The third-order valence-corrected chi connectivity index (χ3v) is 5.12. The zero-order valence-electron chi connectivity index (χ0n) is 18.9. The average Bonchev–Trinajstić information content (AvgIpc) is 2.79. The van der Waals surface area contributed by atoms with Gasteiger partial charge in [0.2, 0.25) is 0 Å². The molecule has 0 aliphatic rings. The third kappa shape index (κ3) is 10.2. The van der Waals surface area contributed by atoms with Gasteiger partial charge in [0.05, 0.1) is 19.4 Å². The summed E-state index contributed by atoms with van der Waals surface area (Å²) in [6.45, 7) is 5.27. The van der Waals surface area contributed by atoms with Crippen LogP contribution in [0.2, 0.25) is 0 Å². The Labute approximate surface area is 199 Å². The first-order valence-electron chi connectivity index (χ1n) is 11.2. The van der Waals surface area contributed by atoms with E-state index in [2.05, 4.69) is 33.4 Å². The van der Waals surface area contributed by atoms with Crippen molar-refractivity contribution in [1.82, 2.24) is 5.43 Å². The zero-order valence-corrected chi connectivity index (χ0v) is 20.5. The Morgan fingerprint density at radius 2 is 1.62 bits per heavy atom. The zero-order chi connectivity index (χ0) is 23.0. The summed E-state index contributed by atoms with van der Waals surface area (Å²) in [6, 6.07) is 12.9. The average molecular weight is 505 g/mol. The molecule has 7 heteroatoms. The number of unbranched alkanes of at least 4 members (excludes halogenated alkanes) is 5. The van der Waals surface area contributed by atoms with Gasteiger partial charge in [-0.05, 0) is 55.8 Å². The molecule has 0 aliphatic heterocycles. The SMILES string of the molecule is CCCCCCCCOc1ccc(OCC(=O)N/N=C\c2cc(Br)ccc2OCC)cc1. The van der Waals surface area contributed by atoms with Crippen LogP contribution in [-0.2, 0) is 4.79 Å². The molecule has 0 radical (unpaired) electrons. The summed E-state index contributed by atoms with van der Waals surface area (Å²) >= 11 is 3.42. The van der Waals surface area contributed by atoms with Gasteiger partial charge in [0, 0.05) is 10.0 Å². The van der Waals surface area contributed by atoms with Crippen molar-refractivity contribution in [1.29, 1.82) is 0 Å². The molecule has 6 nitrogen and oxygen atoms in total. The van der Waals surface area contributed by atoms with Crippen LogP contribution in [-0.4, -0.2) is 31.9 Å². The van der Waals surface area contributed by atoms with E-state index in [9.17, 15) is 4.79 Å². The highest BCUT2D eigenvalue weighted by atomic mass is 79.9. The Balaban J connectivity index is 1.69. The second kappa shape index (κ2) is 15.3. The van der Waals surface area contributed by atoms with Crippen molar-refractivity contribution in [2.24, 2.45) is 5.10 Å². The molecule has 0 atom stereocenters. The fraction of sp³-hybridized carbons (Fsp3) is 0.440. The van der Waals surface area contributed by atoms with Crippen LogP contribution < -0.4 is 19.6 Å². The first-order chi connectivity index (χ1) is 15.6. The van der Waals surface area contributed by atoms with E-state index in [0.717, 1.165) is 28.8 Å². The van der Waals surface area contributed by atoms with Gasteiger partial charge in [0.1, 0.15) is 17.2 Å². The smallest absolute Gasteiger partial charge is 0.277 e. The third-order valence-electron chi connectivity index (χ3n) is 4.62. The topological polar surface area (TPSA) is 69.2 Å². The monoisotopic (exact) mass is 504 g/mol. The summed E-state index contributed by atoms with van der Waals surface area (Å²) in [4.78, 5) is 12.0. The molecule has 0 aliphatic carbocycles. The molecule has 32 heavy (non-hydrogen) atoms. The number of amides is 1. The minimum Gasteiger partial charge on any atom is -0.494 e. The van der Waals surface area contributed by atoms with Crippen molar-refractivity contribution < 1.29 is 19.0 Å². The molecule has 0 bridgehead atoms. The number of rotatable bonds is 15. The van der Waals surface area contributed by atoms with E-state index in [1.165, 1.54) is 32.1 Å². The molecular weight excluding hydrogens is 472 g/mol. The van der Waals surface area contributed by atoms with Crippen molar-refractivity contribution in [3.63, 3.8) is 0 Å². The molecule has 2 aromatic carbocycles. The number of carbonyl (C=O) groups excluding carboxylic acids is 1. The maximum atomic E-state index is 12.0. The first-order valence-corrected chi connectivity index (χ1v) is 12.0. The van der Waals surface area contributed by atoms with Crippen LogP contribution in [0.15, 0.2) is 52.0 Å². The first kappa shape index (κ1) is 25.7. The molecule has 2 aromatic rings. The van der Waals surface area contributed by atoms with E-state index in [1.54, 1.807) is 18.3 Å². The van der Waals surface area contributed by atoms with Crippen molar-refractivity contribution >= 4 is 28.1 Å². The maximum absolute atomic E-state index is 12.0. The van der Waals surface area contributed by atoms with Gasteiger partial charge in [0.15, 0.2) is 6.61 Å². The number of benzene rings is 2. The van der Waals surface area contributed by atoms with E-state index in [-0.39, 0.29) is 12.5 Å². The Kier molecular flexibility index (Phi) is 12.3. The molecule has 0 saturated heterocycles.